The molecule has 11 nitrogen and oxygen atoms in total. The summed E-state index contributed by atoms with van der Waals surface area (Å²) in [6, 6.07) is 7.83. The number of esters is 1. The predicted octanol–water partition coefficient (Wildman–Crippen LogP) is 0.800. The number of anilines is 1. The van der Waals surface area contributed by atoms with Gasteiger partial charge in [-0.3, -0.25) is 28.9 Å². The largest absolute Gasteiger partial charge is 0.452 e. The molecule has 0 bridgehead atoms. The second-order valence-electron chi connectivity index (χ2n) is 6.44. The summed E-state index contributed by atoms with van der Waals surface area (Å²) in [6.45, 7) is 1.37. The molecule has 1 atom stereocenters. The van der Waals surface area contributed by atoms with Crippen LogP contribution in [0.15, 0.2) is 47.7 Å². The number of ether oxygens (including phenoxy) is 1. The van der Waals surface area contributed by atoms with E-state index in [9.17, 15) is 19.2 Å². The third-order valence-electron chi connectivity index (χ3n) is 4.22. The molecule has 3 aromatic rings. The van der Waals surface area contributed by atoms with Crippen LogP contribution >= 0.6 is 0 Å². The van der Waals surface area contributed by atoms with Crippen molar-refractivity contribution in [1.29, 1.82) is 0 Å². The topological polar surface area (TPSA) is 137 Å². The number of imide groups is 1. The van der Waals surface area contributed by atoms with Crippen LogP contribution in [0.4, 0.5) is 10.5 Å². The van der Waals surface area contributed by atoms with Gasteiger partial charge in [0.1, 0.15) is 5.39 Å². The summed E-state index contributed by atoms with van der Waals surface area (Å²) in [4.78, 5) is 52.4. The monoisotopic (exact) mass is 412 g/mol. The van der Waals surface area contributed by atoms with Crippen LogP contribution in [0, 0.1) is 0 Å². The number of hydrogen-bond donors (Lipinski definition) is 2. The lowest BCUT2D eigenvalue weighted by molar-refractivity contribution is -0.154. The minimum atomic E-state index is -1.19. The van der Waals surface area contributed by atoms with E-state index >= 15 is 0 Å². The Bertz CT molecular complexity index is 1140. The number of aryl methyl sites for hydroxylation is 2. The van der Waals surface area contributed by atoms with E-state index in [1.807, 2.05) is 0 Å². The number of carbonyl (C=O) groups excluding carboxylic acids is 3. The summed E-state index contributed by atoms with van der Waals surface area (Å²) in [5, 5.41) is 8.90. The van der Waals surface area contributed by atoms with Gasteiger partial charge in [0.2, 0.25) is 0 Å². The number of aromatic nitrogens is 4. The van der Waals surface area contributed by atoms with Crippen molar-refractivity contribution in [2.45, 2.75) is 26.0 Å². The highest BCUT2D eigenvalue weighted by molar-refractivity contribution is 6.02. The highest BCUT2D eigenvalue weighted by Crippen LogP contribution is 2.05. The number of hydrogen-bond acceptors (Lipinski definition) is 7. The van der Waals surface area contributed by atoms with Crippen molar-refractivity contribution < 1.29 is 19.1 Å². The maximum atomic E-state index is 12.4. The van der Waals surface area contributed by atoms with Crippen molar-refractivity contribution in [3.63, 3.8) is 0 Å². The number of rotatable bonds is 6. The Morgan fingerprint density at radius 1 is 1.20 bits per heavy atom. The number of nitrogens with zero attached hydrogens (tertiary/aromatic N) is 4. The molecule has 0 saturated carbocycles. The number of nitrogens with one attached hydrogen (secondary N) is 2. The van der Waals surface area contributed by atoms with E-state index in [0.29, 0.717) is 16.7 Å². The Labute approximate surface area is 170 Å². The van der Waals surface area contributed by atoms with Crippen molar-refractivity contribution >= 4 is 34.6 Å². The molecule has 2 N–H and O–H groups in total. The van der Waals surface area contributed by atoms with Crippen LogP contribution in [0.5, 0.6) is 0 Å². The van der Waals surface area contributed by atoms with Gasteiger partial charge in [0.15, 0.2) is 11.8 Å². The Kier molecular flexibility index (Phi) is 6.20. The highest BCUT2D eigenvalue weighted by atomic mass is 16.5. The Balaban J connectivity index is 1.49. The molecule has 0 fully saturated rings. The van der Waals surface area contributed by atoms with Gasteiger partial charge in [-0.2, -0.15) is 5.10 Å². The maximum absolute atomic E-state index is 12.4. The van der Waals surface area contributed by atoms with Crippen LogP contribution in [0.2, 0.25) is 0 Å². The van der Waals surface area contributed by atoms with Gasteiger partial charge in [-0.05, 0) is 19.1 Å². The normalized spacial score (nSPS) is 11.7. The zero-order valence-electron chi connectivity index (χ0n) is 16.4. The van der Waals surface area contributed by atoms with Gasteiger partial charge >= 0.3 is 12.0 Å². The lowest BCUT2D eigenvalue weighted by atomic mass is 10.3. The summed E-state index contributed by atoms with van der Waals surface area (Å²) >= 11 is 0. The van der Waals surface area contributed by atoms with Crippen molar-refractivity contribution in [1.82, 2.24) is 24.6 Å². The first-order valence-electron chi connectivity index (χ1n) is 9.08. The summed E-state index contributed by atoms with van der Waals surface area (Å²) in [6.07, 6.45) is 1.40. The third-order valence-corrected chi connectivity index (χ3v) is 4.22. The number of carbonyl (C=O) groups is 3. The van der Waals surface area contributed by atoms with E-state index in [1.165, 1.54) is 28.7 Å². The quantitative estimate of drug-likeness (QED) is 0.571. The van der Waals surface area contributed by atoms with Crippen LogP contribution in [-0.2, 0) is 27.9 Å². The molecule has 0 radical (unpaired) electrons. The Morgan fingerprint density at radius 3 is 2.67 bits per heavy atom. The summed E-state index contributed by atoms with van der Waals surface area (Å²) in [5.41, 5.74) is 0.624. The fourth-order valence-corrected chi connectivity index (χ4v) is 2.64. The van der Waals surface area contributed by atoms with Crippen LogP contribution in [-0.4, -0.2) is 43.3 Å². The van der Waals surface area contributed by atoms with Crippen LogP contribution in [0.1, 0.15) is 13.3 Å². The molecule has 0 aliphatic rings. The van der Waals surface area contributed by atoms with Crippen molar-refractivity contribution in [3.05, 3.63) is 53.2 Å². The van der Waals surface area contributed by atoms with E-state index in [1.54, 1.807) is 37.4 Å². The number of urea groups is 1. The molecule has 3 amide bonds. The fourth-order valence-electron chi connectivity index (χ4n) is 2.64. The van der Waals surface area contributed by atoms with Crippen molar-refractivity contribution in [3.8, 4) is 0 Å². The summed E-state index contributed by atoms with van der Waals surface area (Å²) in [5.74, 6) is -1.47. The lowest BCUT2D eigenvalue weighted by Crippen LogP contribution is -2.41. The molecular weight excluding hydrogens is 392 g/mol. The summed E-state index contributed by atoms with van der Waals surface area (Å²) < 4.78 is 7.78. The van der Waals surface area contributed by atoms with Crippen LogP contribution in [0.25, 0.3) is 11.0 Å². The summed E-state index contributed by atoms with van der Waals surface area (Å²) in [7, 11) is 1.67. The Hall–Kier alpha value is -4.02. The molecule has 0 aliphatic carbocycles. The average molecular weight is 412 g/mol. The minimum Gasteiger partial charge on any atom is -0.452 e. The van der Waals surface area contributed by atoms with Gasteiger partial charge in [-0.25, -0.2) is 9.78 Å². The highest BCUT2D eigenvalue weighted by Gasteiger charge is 2.20. The number of fused-ring (bicyclic) bond motifs is 1. The number of amides is 3. The molecule has 0 spiro atoms. The molecule has 156 valence electrons. The van der Waals surface area contributed by atoms with E-state index in [0.717, 1.165) is 0 Å². The molecule has 0 saturated heterocycles. The van der Waals surface area contributed by atoms with Gasteiger partial charge < -0.3 is 10.1 Å². The molecule has 0 aliphatic heterocycles. The first-order chi connectivity index (χ1) is 14.3. The van der Waals surface area contributed by atoms with Crippen molar-refractivity contribution in [2.75, 3.05) is 5.32 Å². The van der Waals surface area contributed by atoms with Gasteiger partial charge in [0.25, 0.3) is 11.5 Å². The third kappa shape index (κ3) is 4.87. The predicted molar refractivity (Wildman–Crippen MR) is 107 cm³/mol. The van der Waals surface area contributed by atoms with Gasteiger partial charge in [-0.15, -0.1) is 0 Å². The lowest BCUT2D eigenvalue weighted by Gasteiger charge is -2.13. The van der Waals surface area contributed by atoms with Gasteiger partial charge in [0, 0.05) is 19.3 Å². The van der Waals surface area contributed by atoms with E-state index in [-0.39, 0.29) is 18.5 Å². The second-order valence-corrected chi connectivity index (χ2v) is 6.44. The first-order valence-corrected chi connectivity index (χ1v) is 9.08. The van der Waals surface area contributed by atoms with Gasteiger partial charge in [-0.1, -0.05) is 18.2 Å². The molecule has 3 rings (SSSR count). The zero-order chi connectivity index (χ0) is 21.7. The van der Waals surface area contributed by atoms with Crippen LogP contribution < -0.4 is 16.2 Å². The van der Waals surface area contributed by atoms with Gasteiger partial charge in [0.05, 0.1) is 18.9 Å². The zero-order valence-corrected chi connectivity index (χ0v) is 16.4. The smallest absolute Gasteiger partial charge is 0.325 e. The second kappa shape index (κ2) is 8.99. The molecular formula is C19H20N6O5. The number of benzene rings is 1. The molecule has 2 aromatic heterocycles. The van der Waals surface area contributed by atoms with Crippen molar-refractivity contribution in [2.24, 2.45) is 7.05 Å². The van der Waals surface area contributed by atoms with E-state index < -0.39 is 24.0 Å². The standard InChI is InChI=1S/C19H20N6O5/c1-12(17(27)23-19(29)22-13-6-4-3-5-7-13)30-15(26)8-9-25-11-20-16-14(18(25)28)10-21-24(16)2/h3-7,10-12H,8-9H2,1-2H3,(H2,22,23,27,29). The molecule has 1 aromatic carbocycles. The first kappa shape index (κ1) is 20.7. The SMILES string of the molecule is CC(OC(=O)CCn1cnc2c(cnn2C)c1=O)C(=O)NC(=O)Nc1ccccc1. The minimum absolute atomic E-state index is 0.0261. The molecule has 11 heteroatoms. The maximum Gasteiger partial charge on any atom is 0.325 e. The van der Waals surface area contributed by atoms with Crippen LogP contribution in [0.3, 0.4) is 0 Å². The Morgan fingerprint density at radius 2 is 1.93 bits per heavy atom. The number of para-hydroxylation sites is 1. The van der Waals surface area contributed by atoms with E-state index in [2.05, 4.69) is 20.7 Å². The van der Waals surface area contributed by atoms with E-state index in [4.69, 9.17) is 4.74 Å². The average Bonchev–Trinajstić information content (AvgIpc) is 3.09. The molecule has 2 heterocycles. The molecule has 30 heavy (non-hydrogen) atoms. The molecule has 1 unspecified atom stereocenters. The fraction of sp³-hybridized carbons (Fsp3) is 0.263.